The monoisotopic (exact) mass is 565 g/mol. The Morgan fingerprint density at radius 2 is 1.88 bits per heavy atom. The van der Waals surface area contributed by atoms with Crippen molar-refractivity contribution < 1.29 is 17.9 Å². The van der Waals surface area contributed by atoms with Crippen LogP contribution in [0.5, 0.6) is 5.75 Å². The first-order valence-electron chi connectivity index (χ1n) is 12.6. The van der Waals surface area contributed by atoms with Crippen molar-refractivity contribution in [3.8, 4) is 17.6 Å². The van der Waals surface area contributed by atoms with Crippen LogP contribution < -0.4 is 20.3 Å². The van der Waals surface area contributed by atoms with E-state index in [9.17, 15) is 18.4 Å². The van der Waals surface area contributed by atoms with E-state index in [-0.39, 0.29) is 5.95 Å². The van der Waals surface area contributed by atoms with Gasteiger partial charge in [0.15, 0.2) is 5.82 Å². The van der Waals surface area contributed by atoms with Crippen LogP contribution in [-0.2, 0) is 6.18 Å². The number of nitrogens with zero attached hydrogens (tertiary/aromatic N) is 7. The maximum atomic E-state index is 14.0. The van der Waals surface area contributed by atoms with Gasteiger partial charge in [-0.05, 0) is 51.5 Å². The van der Waals surface area contributed by atoms with Crippen LogP contribution in [0.4, 0.5) is 36.2 Å². The molecule has 0 aliphatic carbocycles. The van der Waals surface area contributed by atoms with Crippen molar-refractivity contribution in [1.82, 2.24) is 24.6 Å². The summed E-state index contributed by atoms with van der Waals surface area (Å²) in [4.78, 5) is 12.3. The van der Waals surface area contributed by atoms with E-state index in [0.717, 1.165) is 35.3 Å². The standard InChI is InChI=1S/C28H30F3N9O/c1-6-9-33-21-13-22(25(41-5)14-24(21)39(4)11-10-38(2)3)36-27-34-17-20(28(29,30)31)26(37-27)40-23-8-7-18(15-32)12-19(23)16-35-40/h6-9,12-14,16-17,33H,10-11H2,1-5H3,(H,34,36,37). The fraction of sp³-hybridized carbons (Fsp3) is 0.286. The summed E-state index contributed by atoms with van der Waals surface area (Å²) < 4.78 is 48.8. The molecule has 41 heavy (non-hydrogen) atoms. The fourth-order valence-electron chi connectivity index (χ4n) is 4.10. The topological polar surface area (TPSA) is 107 Å². The lowest BCUT2D eigenvalue weighted by molar-refractivity contribution is -0.138. The molecule has 0 saturated carbocycles. The van der Waals surface area contributed by atoms with Crippen molar-refractivity contribution in [2.45, 2.75) is 13.1 Å². The van der Waals surface area contributed by atoms with Gasteiger partial charge in [0.25, 0.3) is 0 Å². The highest BCUT2D eigenvalue weighted by atomic mass is 19.4. The van der Waals surface area contributed by atoms with Gasteiger partial charge in [-0.1, -0.05) is 6.08 Å². The number of ether oxygens (including phenoxy) is 1. The Bertz CT molecular complexity index is 1610. The fourth-order valence-corrected chi connectivity index (χ4v) is 4.10. The Labute approximate surface area is 235 Å². The normalized spacial score (nSPS) is 11.7. The summed E-state index contributed by atoms with van der Waals surface area (Å²) in [7, 11) is 7.46. The molecule has 10 nitrogen and oxygen atoms in total. The van der Waals surface area contributed by atoms with E-state index in [2.05, 4.69) is 35.5 Å². The number of rotatable bonds is 10. The number of hydrogen-bond donors (Lipinski definition) is 2. The minimum absolute atomic E-state index is 0.0886. The molecule has 2 heterocycles. The minimum Gasteiger partial charge on any atom is -0.494 e. The van der Waals surface area contributed by atoms with Crippen LogP contribution in [0.25, 0.3) is 16.7 Å². The van der Waals surface area contributed by atoms with Gasteiger partial charge in [-0.15, -0.1) is 0 Å². The van der Waals surface area contributed by atoms with Crippen molar-refractivity contribution in [2.75, 3.05) is 56.9 Å². The van der Waals surface area contributed by atoms with E-state index in [1.165, 1.54) is 25.4 Å². The third kappa shape index (κ3) is 6.50. The number of fused-ring (bicyclic) bond motifs is 1. The molecule has 0 amide bonds. The second-order valence-electron chi connectivity index (χ2n) is 9.43. The van der Waals surface area contributed by atoms with E-state index in [1.54, 1.807) is 18.3 Å². The zero-order valence-electron chi connectivity index (χ0n) is 23.3. The Kier molecular flexibility index (Phi) is 8.63. The van der Waals surface area contributed by atoms with E-state index < -0.39 is 17.6 Å². The number of nitrogens with one attached hydrogen (secondary N) is 2. The highest BCUT2D eigenvalue weighted by molar-refractivity contribution is 5.83. The SMILES string of the molecule is CC=CNc1cc(Nc2ncc(C(F)(F)F)c(-n3ncc4cc(C#N)ccc43)n2)c(OC)cc1N(C)CCN(C)C. The third-order valence-electron chi connectivity index (χ3n) is 6.24. The Morgan fingerprint density at radius 1 is 1.10 bits per heavy atom. The second kappa shape index (κ2) is 12.1. The number of methoxy groups -OCH3 is 1. The summed E-state index contributed by atoms with van der Waals surface area (Å²) in [5.74, 6) is -0.100. The van der Waals surface area contributed by atoms with Gasteiger partial charge in [-0.2, -0.15) is 28.5 Å². The lowest BCUT2D eigenvalue weighted by Gasteiger charge is -2.26. The highest BCUT2D eigenvalue weighted by Gasteiger charge is 2.36. The Hall–Kier alpha value is -4.83. The van der Waals surface area contributed by atoms with Gasteiger partial charge >= 0.3 is 6.18 Å². The van der Waals surface area contributed by atoms with Gasteiger partial charge in [0.2, 0.25) is 5.95 Å². The van der Waals surface area contributed by atoms with E-state index in [1.807, 2.05) is 46.3 Å². The molecular weight excluding hydrogens is 535 g/mol. The molecule has 4 rings (SSSR count). The molecule has 2 N–H and O–H groups in total. The van der Waals surface area contributed by atoms with Gasteiger partial charge in [-0.25, -0.2) is 9.67 Å². The molecule has 2 aromatic heterocycles. The summed E-state index contributed by atoms with van der Waals surface area (Å²) in [6, 6.07) is 10.2. The van der Waals surface area contributed by atoms with Crippen molar-refractivity contribution in [3.63, 3.8) is 0 Å². The molecule has 214 valence electrons. The zero-order chi connectivity index (χ0) is 29.7. The first kappa shape index (κ1) is 29.2. The number of allylic oxidation sites excluding steroid dienone is 1. The van der Waals surface area contributed by atoms with E-state index in [4.69, 9.17) is 4.74 Å². The lowest BCUT2D eigenvalue weighted by Crippen LogP contribution is -2.28. The van der Waals surface area contributed by atoms with Crippen LogP contribution in [0, 0.1) is 11.3 Å². The van der Waals surface area contributed by atoms with Gasteiger partial charge in [-0.3, -0.25) is 0 Å². The minimum atomic E-state index is -4.74. The van der Waals surface area contributed by atoms with Crippen molar-refractivity contribution in [2.24, 2.45) is 0 Å². The lowest BCUT2D eigenvalue weighted by atomic mass is 10.2. The molecule has 0 radical (unpaired) electrons. The average Bonchev–Trinajstić information content (AvgIpc) is 3.37. The maximum absolute atomic E-state index is 14.0. The molecule has 13 heteroatoms. The van der Waals surface area contributed by atoms with Crippen LogP contribution in [0.2, 0.25) is 0 Å². The number of aromatic nitrogens is 4. The van der Waals surface area contributed by atoms with Crippen molar-refractivity contribution >= 4 is 33.9 Å². The molecule has 4 aromatic rings. The summed E-state index contributed by atoms with van der Waals surface area (Å²) in [6.45, 7) is 3.44. The molecule has 0 spiro atoms. The van der Waals surface area contributed by atoms with Crippen LogP contribution in [0.1, 0.15) is 18.1 Å². The third-order valence-corrected chi connectivity index (χ3v) is 6.24. The van der Waals surface area contributed by atoms with Crippen LogP contribution in [0.15, 0.2) is 55.0 Å². The number of hydrogen-bond acceptors (Lipinski definition) is 9. The first-order valence-corrected chi connectivity index (χ1v) is 12.6. The Morgan fingerprint density at radius 3 is 2.54 bits per heavy atom. The number of anilines is 4. The van der Waals surface area contributed by atoms with Crippen molar-refractivity contribution in [1.29, 1.82) is 5.26 Å². The van der Waals surface area contributed by atoms with Crippen molar-refractivity contribution in [3.05, 3.63) is 66.1 Å². The molecule has 0 bridgehead atoms. The van der Waals surface area contributed by atoms with Gasteiger partial charge in [0, 0.05) is 37.8 Å². The van der Waals surface area contributed by atoms with Crippen LogP contribution in [-0.4, -0.2) is 66.0 Å². The number of likely N-dealkylation sites (N-methyl/N-ethyl adjacent to an activating group) is 2. The molecular formula is C28H30F3N9O. The number of benzene rings is 2. The zero-order valence-corrected chi connectivity index (χ0v) is 23.3. The summed E-state index contributed by atoms with van der Waals surface area (Å²) in [5, 5.41) is 20.1. The molecule has 0 saturated heterocycles. The molecule has 0 aliphatic heterocycles. The largest absolute Gasteiger partial charge is 0.494 e. The van der Waals surface area contributed by atoms with E-state index >= 15 is 0 Å². The molecule has 0 unspecified atom stereocenters. The summed E-state index contributed by atoms with van der Waals surface area (Å²) >= 11 is 0. The van der Waals surface area contributed by atoms with Gasteiger partial charge < -0.3 is 25.2 Å². The highest BCUT2D eigenvalue weighted by Crippen LogP contribution is 2.39. The first-order chi connectivity index (χ1) is 19.5. The molecule has 0 aliphatic rings. The smallest absolute Gasteiger partial charge is 0.421 e. The summed E-state index contributed by atoms with van der Waals surface area (Å²) in [5.41, 5.74) is 1.71. The second-order valence-corrected chi connectivity index (χ2v) is 9.43. The molecule has 2 aromatic carbocycles. The molecule has 0 atom stereocenters. The predicted molar refractivity (Wildman–Crippen MR) is 153 cm³/mol. The van der Waals surface area contributed by atoms with Gasteiger partial charge in [0.05, 0.1) is 47.5 Å². The maximum Gasteiger partial charge on any atom is 0.421 e. The number of halogens is 3. The quantitative estimate of drug-likeness (QED) is 0.261. The number of alkyl halides is 3. The van der Waals surface area contributed by atoms with Gasteiger partial charge in [0.1, 0.15) is 11.3 Å². The number of nitriles is 1. The summed E-state index contributed by atoms with van der Waals surface area (Å²) in [6.07, 6.45) is 0.997. The van der Waals surface area contributed by atoms with Crippen LogP contribution >= 0.6 is 0 Å². The van der Waals surface area contributed by atoms with E-state index in [0.29, 0.717) is 27.9 Å². The Balaban J connectivity index is 1.79. The van der Waals surface area contributed by atoms with Crippen LogP contribution in [0.3, 0.4) is 0 Å². The molecule has 0 fully saturated rings. The predicted octanol–water partition coefficient (Wildman–Crippen LogP) is 5.40. The average molecular weight is 566 g/mol.